The molecule has 0 aromatic carbocycles. The third-order valence-corrected chi connectivity index (χ3v) is 1.24. The van der Waals surface area contributed by atoms with Gasteiger partial charge in [0, 0.05) is 0 Å². The molecule has 0 aliphatic rings. The zero-order valence-corrected chi connectivity index (χ0v) is 7.53. The van der Waals surface area contributed by atoms with E-state index in [0.717, 1.165) is 0 Å². The summed E-state index contributed by atoms with van der Waals surface area (Å²) in [5.41, 5.74) is 0. The molecular formula is C7H10N4O3. The number of anilines is 1. The minimum atomic E-state index is -0.787. The molecule has 0 saturated heterocycles. The third kappa shape index (κ3) is 3.13. The van der Waals surface area contributed by atoms with Crippen LogP contribution >= 0.6 is 0 Å². The molecule has 76 valence electrons. The fourth-order valence-electron chi connectivity index (χ4n) is 0.738. The van der Waals surface area contributed by atoms with Crippen LogP contribution in [0.25, 0.3) is 0 Å². The molecule has 0 spiro atoms. The van der Waals surface area contributed by atoms with Crippen LogP contribution in [0.4, 0.5) is 15.4 Å². The first-order valence-corrected chi connectivity index (χ1v) is 3.95. The van der Waals surface area contributed by atoms with Gasteiger partial charge in [-0.05, 0) is 6.92 Å². The van der Waals surface area contributed by atoms with Crippen molar-refractivity contribution in [3.05, 3.63) is 12.5 Å². The lowest BCUT2D eigenvalue weighted by Gasteiger charge is -2.03. The fraction of sp³-hybridized carbons (Fsp3) is 0.286. The van der Waals surface area contributed by atoms with Gasteiger partial charge in [-0.2, -0.15) is 0 Å². The monoisotopic (exact) mass is 198 g/mol. The minimum Gasteiger partial charge on any atom is -0.450 e. The van der Waals surface area contributed by atoms with Crippen LogP contribution in [0.3, 0.4) is 0 Å². The molecule has 0 aliphatic carbocycles. The van der Waals surface area contributed by atoms with Gasteiger partial charge in [0.05, 0.1) is 19.1 Å². The molecule has 0 aliphatic heterocycles. The Bertz CT molecular complexity index is 309. The standard InChI is InChI=1S/C7H10N4O3/c1-2-14-7(13)11-6(12)10-5-3-8-4-9-5/h3-4H,2H2,1H3,(H,8,9)(H2,10,11,12,13). The predicted molar refractivity (Wildman–Crippen MR) is 47.8 cm³/mol. The van der Waals surface area contributed by atoms with Crippen molar-refractivity contribution in [1.82, 2.24) is 15.3 Å². The van der Waals surface area contributed by atoms with E-state index in [2.05, 4.69) is 20.0 Å². The maximum Gasteiger partial charge on any atom is 0.415 e. The largest absolute Gasteiger partial charge is 0.450 e. The molecule has 7 heteroatoms. The van der Waals surface area contributed by atoms with Crippen LogP contribution in [0.2, 0.25) is 0 Å². The van der Waals surface area contributed by atoms with Gasteiger partial charge in [-0.3, -0.25) is 5.32 Å². The van der Waals surface area contributed by atoms with Crippen molar-refractivity contribution in [2.24, 2.45) is 0 Å². The predicted octanol–water partition coefficient (Wildman–Crippen LogP) is 0.688. The molecule has 0 unspecified atom stereocenters. The van der Waals surface area contributed by atoms with E-state index in [9.17, 15) is 9.59 Å². The topological polar surface area (TPSA) is 96.1 Å². The highest BCUT2D eigenvalue weighted by Crippen LogP contribution is 1.96. The lowest BCUT2D eigenvalue weighted by molar-refractivity contribution is 0.154. The number of imidazole rings is 1. The van der Waals surface area contributed by atoms with E-state index in [0.29, 0.717) is 5.82 Å². The number of H-pyrrole nitrogens is 1. The quantitative estimate of drug-likeness (QED) is 0.651. The van der Waals surface area contributed by atoms with E-state index in [1.54, 1.807) is 6.92 Å². The van der Waals surface area contributed by atoms with Crippen molar-refractivity contribution in [3.8, 4) is 0 Å². The highest BCUT2D eigenvalue weighted by atomic mass is 16.5. The van der Waals surface area contributed by atoms with Gasteiger partial charge in [0.1, 0.15) is 5.82 Å². The van der Waals surface area contributed by atoms with Crippen LogP contribution < -0.4 is 10.6 Å². The number of carbonyl (C=O) groups is 2. The van der Waals surface area contributed by atoms with Crippen molar-refractivity contribution in [2.45, 2.75) is 6.92 Å². The number of urea groups is 1. The first-order valence-electron chi connectivity index (χ1n) is 3.95. The molecule has 3 amide bonds. The Morgan fingerprint density at radius 3 is 3.00 bits per heavy atom. The number of hydrogen-bond acceptors (Lipinski definition) is 4. The van der Waals surface area contributed by atoms with E-state index < -0.39 is 12.1 Å². The lowest BCUT2D eigenvalue weighted by Crippen LogP contribution is -2.34. The van der Waals surface area contributed by atoms with Crippen molar-refractivity contribution in [1.29, 1.82) is 0 Å². The highest BCUT2D eigenvalue weighted by Gasteiger charge is 2.07. The number of hydrogen-bond donors (Lipinski definition) is 3. The molecule has 7 nitrogen and oxygen atoms in total. The average Bonchev–Trinajstić information content (AvgIpc) is 2.56. The molecule has 0 fully saturated rings. The normalized spacial score (nSPS) is 9.21. The Morgan fingerprint density at radius 1 is 1.64 bits per heavy atom. The second-order valence-electron chi connectivity index (χ2n) is 2.26. The van der Waals surface area contributed by atoms with Crippen LogP contribution in [0.1, 0.15) is 6.92 Å². The number of nitrogens with zero attached hydrogens (tertiary/aromatic N) is 1. The van der Waals surface area contributed by atoms with Crippen molar-refractivity contribution in [3.63, 3.8) is 0 Å². The Hall–Kier alpha value is -2.05. The first kappa shape index (κ1) is 10.0. The summed E-state index contributed by atoms with van der Waals surface area (Å²) in [6.45, 7) is 1.86. The number of ether oxygens (including phenoxy) is 1. The van der Waals surface area contributed by atoms with Gasteiger partial charge >= 0.3 is 12.1 Å². The van der Waals surface area contributed by atoms with Gasteiger partial charge in [0.15, 0.2) is 0 Å². The lowest BCUT2D eigenvalue weighted by atomic mass is 10.7. The number of carbonyl (C=O) groups excluding carboxylic acids is 2. The van der Waals surface area contributed by atoms with E-state index in [4.69, 9.17) is 0 Å². The SMILES string of the molecule is CCOC(=O)NC(=O)Nc1cnc[nH]1. The van der Waals surface area contributed by atoms with Gasteiger partial charge in [-0.15, -0.1) is 0 Å². The zero-order valence-electron chi connectivity index (χ0n) is 7.53. The third-order valence-electron chi connectivity index (χ3n) is 1.24. The Kier molecular flexibility index (Phi) is 3.48. The van der Waals surface area contributed by atoms with E-state index in [1.807, 2.05) is 5.32 Å². The van der Waals surface area contributed by atoms with Crippen LogP contribution in [-0.2, 0) is 4.74 Å². The molecule has 1 aromatic rings. The van der Waals surface area contributed by atoms with Gasteiger partial charge in [0.2, 0.25) is 0 Å². The van der Waals surface area contributed by atoms with Crippen LogP contribution in [0.5, 0.6) is 0 Å². The second-order valence-corrected chi connectivity index (χ2v) is 2.26. The summed E-state index contributed by atoms with van der Waals surface area (Å²) in [6.07, 6.45) is 2.02. The van der Waals surface area contributed by atoms with E-state index >= 15 is 0 Å². The maximum atomic E-state index is 11.0. The average molecular weight is 198 g/mol. The molecule has 0 atom stereocenters. The van der Waals surface area contributed by atoms with E-state index in [1.165, 1.54) is 12.5 Å². The number of amides is 3. The summed E-state index contributed by atoms with van der Waals surface area (Å²) in [5.74, 6) is 0.395. The van der Waals surface area contributed by atoms with Gasteiger partial charge in [-0.1, -0.05) is 0 Å². The van der Waals surface area contributed by atoms with Crippen LogP contribution in [0, 0.1) is 0 Å². The van der Waals surface area contributed by atoms with Crippen molar-refractivity contribution >= 4 is 17.9 Å². The summed E-state index contributed by atoms with van der Waals surface area (Å²) in [6, 6.07) is -0.673. The molecule has 1 rings (SSSR count). The first-order chi connectivity index (χ1) is 6.72. The smallest absolute Gasteiger partial charge is 0.415 e. The Balaban J connectivity index is 2.33. The molecular weight excluding hydrogens is 188 g/mol. The summed E-state index contributed by atoms with van der Waals surface area (Å²) in [7, 11) is 0. The summed E-state index contributed by atoms with van der Waals surface area (Å²) < 4.78 is 4.50. The molecule has 0 radical (unpaired) electrons. The highest BCUT2D eigenvalue weighted by molar-refractivity contribution is 5.98. The number of imide groups is 1. The molecule has 0 bridgehead atoms. The molecule has 1 heterocycles. The number of rotatable bonds is 2. The summed E-state index contributed by atoms with van der Waals surface area (Å²) >= 11 is 0. The fourth-order valence-corrected chi connectivity index (χ4v) is 0.738. The summed E-state index contributed by atoms with van der Waals surface area (Å²) in [4.78, 5) is 28.1. The Labute approximate surface area is 79.9 Å². The minimum absolute atomic E-state index is 0.211. The van der Waals surface area contributed by atoms with Gasteiger partial charge < -0.3 is 9.72 Å². The van der Waals surface area contributed by atoms with Crippen molar-refractivity contribution < 1.29 is 14.3 Å². The maximum absolute atomic E-state index is 11.0. The van der Waals surface area contributed by atoms with Gasteiger partial charge in [-0.25, -0.2) is 19.9 Å². The zero-order chi connectivity index (χ0) is 10.4. The molecule has 1 aromatic heterocycles. The Morgan fingerprint density at radius 2 is 2.43 bits per heavy atom. The second kappa shape index (κ2) is 4.85. The number of aromatic amines is 1. The number of nitrogens with one attached hydrogen (secondary N) is 3. The summed E-state index contributed by atoms with van der Waals surface area (Å²) in [5, 5.41) is 4.30. The molecule has 0 saturated carbocycles. The molecule has 14 heavy (non-hydrogen) atoms. The van der Waals surface area contributed by atoms with Crippen LogP contribution in [0.15, 0.2) is 12.5 Å². The van der Waals surface area contributed by atoms with Crippen molar-refractivity contribution in [2.75, 3.05) is 11.9 Å². The van der Waals surface area contributed by atoms with Gasteiger partial charge in [0.25, 0.3) is 0 Å². The van der Waals surface area contributed by atoms with Crippen LogP contribution in [-0.4, -0.2) is 28.7 Å². The number of alkyl carbamates (subject to hydrolysis) is 1. The number of aromatic nitrogens is 2. The van der Waals surface area contributed by atoms with E-state index in [-0.39, 0.29) is 6.61 Å². The molecule has 3 N–H and O–H groups in total.